The molecule has 40 heavy (non-hydrogen) atoms. The van der Waals surface area contributed by atoms with E-state index in [2.05, 4.69) is 70.3 Å². The Morgan fingerprint density at radius 2 is 1.82 bits per heavy atom. The summed E-state index contributed by atoms with van der Waals surface area (Å²) >= 11 is 0. The fourth-order valence-corrected chi connectivity index (χ4v) is 5.50. The molecule has 0 bridgehead atoms. The summed E-state index contributed by atoms with van der Waals surface area (Å²) in [4.78, 5) is 36.1. The lowest BCUT2D eigenvalue weighted by molar-refractivity contribution is 0.0952. The number of aromatic nitrogens is 3. The van der Waals surface area contributed by atoms with Gasteiger partial charge in [0, 0.05) is 84.4 Å². The second kappa shape index (κ2) is 12.3. The zero-order chi connectivity index (χ0) is 27.7. The highest BCUT2D eigenvalue weighted by Crippen LogP contribution is 2.34. The average Bonchev–Trinajstić information content (AvgIpc) is 3.28. The lowest BCUT2D eigenvalue weighted by Crippen LogP contribution is -2.43. The van der Waals surface area contributed by atoms with Gasteiger partial charge in [0.15, 0.2) is 0 Å². The average molecular weight is 563 g/mol. The molecule has 0 unspecified atom stereocenters. The first-order chi connectivity index (χ1) is 18.8. The van der Waals surface area contributed by atoms with Gasteiger partial charge in [0.1, 0.15) is 5.82 Å². The lowest BCUT2D eigenvalue weighted by atomic mass is 9.98. The number of pyridine rings is 2. The summed E-state index contributed by atoms with van der Waals surface area (Å²) in [6.45, 7) is 14.1. The highest BCUT2D eigenvalue weighted by atomic mass is 35.5. The molecule has 0 aliphatic carbocycles. The summed E-state index contributed by atoms with van der Waals surface area (Å²) in [5, 5.41) is 7.34. The number of carbonyl (C=O) groups excluding carboxylic acids is 1. The van der Waals surface area contributed by atoms with E-state index in [0.29, 0.717) is 11.1 Å². The van der Waals surface area contributed by atoms with Crippen molar-refractivity contribution in [3.05, 3.63) is 81.0 Å². The number of hydrogen-bond acceptors (Lipinski definition) is 5. The van der Waals surface area contributed by atoms with Crippen LogP contribution >= 0.6 is 12.4 Å². The lowest BCUT2D eigenvalue weighted by Gasteiger charge is -2.28. The van der Waals surface area contributed by atoms with Crippen molar-refractivity contribution in [2.24, 2.45) is 0 Å². The number of amides is 1. The minimum Gasteiger partial charge on any atom is -0.354 e. The quantitative estimate of drug-likeness (QED) is 0.293. The predicted octanol–water partition coefficient (Wildman–Crippen LogP) is 5.05. The van der Waals surface area contributed by atoms with E-state index < -0.39 is 0 Å². The molecule has 1 aliphatic rings. The summed E-state index contributed by atoms with van der Waals surface area (Å²) in [6, 6.07) is 10.5. The maximum absolute atomic E-state index is 13.7. The number of aryl methyl sites for hydroxylation is 3. The Labute approximate surface area is 241 Å². The summed E-state index contributed by atoms with van der Waals surface area (Å²) in [7, 11) is 0. The number of halogens is 1. The van der Waals surface area contributed by atoms with Gasteiger partial charge in [0.2, 0.25) is 0 Å². The summed E-state index contributed by atoms with van der Waals surface area (Å²) in [5.41, 5.74) is 6.67. The fraction of sp³-hybridized carbons (Fsp3) is 0.387. The molecule has 0 radical (unpaired) electrons. The number of carbonyl (C=O) groups is 1. The van der Waals surface area contributed by atoms with Crippen LogP contribution in [0.25, 0.3) is 22.0 Å². The van der Waals surface area contributed by atoms with Gasteiger partial charge in [-0.05, 0) is 81.1 Å². The van der Waals surface area contributed by atoms with Gasteiger partial charge in [-0.2, -0.15) is 0 Å². The van der Waals surface area contributed by atoms with Crippen LogP contribution < -0.4 is 21.1 Å². The monoisotopic (exact) mass is 562 g/mol. The van der Waals surface area contributed by atoms with Gasteiger partial charge in [-0.15, -0.1) is 12.4 Å². The van der Waals surface area contributed by atoms with Crippen molar-refractivity contribution in [1.29, 1.82) is 0 Å². The number of hydrogen-bond donors (Lipinski definition) is 3. The third kappa shape index (κ3) is 5.78. The minimum absolute atomic E-state index is 0. The van der Waals surface area contributed by atoms with E-state index in [4.69, 9.17) is 4.98 Å². The molecular weight excluding hydrogens is 524 g/mol. The van der Waals surface area contributed by atoms with Crippen molar-refractivity contribution in [2.75, 3.05) is 31.1 Å². The zero-order valence-corrected chi connectivity index (χ0v) is 24.7. The van der Waals surface area contributed by atoms with Crippen LogP contribution in [-0.4, -0.2) is 46.6 Å². The topological polar surface area (TPSA) is 95.0 Å². The number of nitrogens with one attached hydrogen (secondary N) is 3. The van der Waals surface area contributed by atoms with Crippen molar-refractivity contribution < 1.29 is 4.79 Å². The zero-order valence-electron chi connectivity index (χ0n) is 23.9. The van der Waals surface area contributed by atoms with Gasteiger partial charge in [0.05, 0.1) is 0 Å². The Balaban J connectivity index is 0.00000370. The first kappa shape index (κ1) is 29.4. The van der Waals surface area contributed by atoms with Gasteiger partial charge in [-0.25, -0.2) is 4.98 Å². The summed E-state index contributed by atoms with van der Waals surface area (Å²) in [5.74, 6) is 0.772. The van der Waals surface area contributed by atoms with Gasteiger partial charge >= 0.3 is 0 Å². The van der Waals surface area contributed by atoms with Crippen molar-refractivity contribution in [1.82, 2.24) is 25.2 Å². The maximum atomic E-state index is 13.7. The first-order valence-electron chi connectivity index (χ1n) is 13.8. The summed E-state index contributed by atoms with van der Waals surface area (Å²) in [6.07, 6.45) is 5.02. The highest BCUT2D eigenvalue weighted by molar-refractivity contribution is 6.09. The molecule has 5 rings (SSSR count). The number of anilines is 1. The molecule has 1 amide bonds. The Morgan fingerprint density at radius 1 is 1.07 bits per heavy atom. The van der Waals surface area contributed by atoms with Crippen molar-refractivity contribution in [3.8, 4) is 11.1 Å². The second-order valence-corrected chi connectivity index (χ2v) is 10.7. The van der Waals surface area contributed by atoms with Crippen molar-refractivity contribution >= 4 is 35.0 Å². The number of H-pyrrole nitrogens is 1. The molecule has 4 aromatic rings. The number of piperazine rings is 1. The normalized spacial score (nSPS) is 14.2. The van der Waals surface area contributed by atoms with Crippen molar-refractivity contribution in [2.45, 2.75) is 53.6 Å². The van der Waals surface area contributed by atoms with E-state index in [1.807, 2.05) is 32.2 Å². The number of fused-ring (bicyclic) bond motifs is 1. The van der Waals surface area contributed by atoms with Crippen LogP contribution in [0.2, 0.25) is 0 Å². The first-order valence-corrected chi connectivity index (χ1v) is 13.8. The molecule has 212 valence electrons. The van der Waals surface area contributed by atoms with Crippen LogP contribution in [0, 0.1) is 20.8 Å². The Bertz CT molecular complexity index is 1570. The predicted molar refractivity (Wildman–Crippen MR) is 165 cm³/mol. The molecule has 4 heterocycles. The van der Waals surface area contributed by atoms with Crippen LogP contribution in [0.1, 0.15) is 59.1 Å². The Hall–Kier alpha value is -3.62. The van der Waals surface area contributed by atoms with Gasteiger partial charge in [-0.1, -0.05) is 6.92 Å². The van der Waals surface area contributed by atoms with Crippen LogP contribution in [0.5, 0.6) is 0 Å². The van der Waals surface area contributed by atoms with E-state index in [9.17, 15) is 9.59 Å². The molecule has 3 aromatic heterocycles. The third-order valence-corrected chi connectivity index (χ3v) is 7.87. The third-order valence-electron chi connectivity index (χ3n) is 7.87. The van der Waals surface area contributed by atoms with E-state index in [-0.39, 0.29) is 36.5 Å². The molecule has 3 N–H and O–H groups in total. The van der Waals surface area contributed by atoms with E-state index in [0.717, 1.165) is 77.3 Å². The Morgan fingerprint density at radius 3 is 2.48 bits per heavy atom. The number of rotatable bonds is 7. The standard InChI is InChI=1S/C31H38N6O2.ClH/c1-6-22(5)37-18-20(3)29-25(30(38)34-17-26-19(2)13-21(4)35-31(26)39)14-24(15-27(29)37)23-7-8-28(33-16-23)36-11-9-32-10-12-36;/h7-8,13-16,18,22,32H,6,9-12,17H2,1-5H3,(H,34,38)(H,35,39);1H/t22-;/m0./s1. The number of aromatic amines is 1. The van der Waals surface area contributed by atoms with Gasteiger partial charge in [0.25, 0.3) is 11.5 Å². The molecule has 1 aromatic carbocycles. The minimum atomic E-state index is -0.198. The highest BCUT2D eigenvalue weighted by Gasteiger charge is 2.20. The molecule has 1 aliphatic heterocycles. The Kier molecular flexibility index (Phi) is 9.01. The maximum Gasteiger partial charge on any atom is 0.253 e. The molecule has 1 saturated heterocycles. The largest absolute Gasteiger partial charge is 0.354 e. The van der Waals surface area contributed by atoms with Crippen LogP contribution in [0.4, 0.5) is 5.82 Å². The molecule has 8 nitrogen and oxygen atoms in total. The number of nitrogens with zero attached hydrogens (tertiary/aromatic N) is 3. The SMILES string of the molecule is CC[C@H](C)n1cc(C)c2c(C(=O)NCc3c(C)cc(C)[nH]c3=O)cc(-c3ccc(N4CCNCC4)nc3)cc21.Cl. The molecule has 0 spiro atoms. The van der Waals surface area contributed by atoms with Crippen molar-refractivity contribution in [3.63, 3.8) is 0 Å². The fourth-order valence-electron chi connectivity index (χ4n) is 5.50. The number of benzene rings is 1. The van der Waals surface area contributed by atoms with Crippen LogP contribution in [0.15, 0.2) is 47.5 Å². The van der Waals surface area contributed by atoms with E-state index in [1.54, 1.807) is 0 Å². The summed E-state index contributed by atoms with van der Waals surface area (Å²) < 4.78 is 2.27. The van der Waals surface area contributed by atoms with Crippen LogP contribution in [-0.2, 0) is 6.54 Å². The molecule has 1 atom stereocenters. The van der Waals surface area contributed by atoms with Crippen LogP contribution in [0.3, 0.4) is 0 Å². The molecule has 1 fully saturated rings. The van der Waals surface area contributed by atoms with E-state index in [1.165, 1.54) is 0 Å². The molecular formula is C31H39ClN6O2. The smallest absolute Gasteiger partial charge is 0.253 e. The van der Waals surface area contributed by atoms with Gasteiger partial charge < -0.3 is 25.1 Å². The molecule has 9 heteroatoms. The van der Waals surface area contributed by atoms with Gasteiger partial charge in [-0.3, -0.25) is 9.59 Å². The van der Waals surface area contributed by atoms with E-state index >= 15 is 0 Å². The molecule has 0 saturated carbocycles. The second-order valence-electron chi connectivity index (χ2n) is 10.7.